The lowest BCUT2D eigenvalue weighted by molar-refractivity contribution is 0.617. The van der Waals surface area contributed by atoms with E-state index in [1.165, 1.54) is 0 Å². The van der Waals surface area contributed by atoms with Crippen molar-refractivity contribution in [1.29, 1.82) is 0 Å². The highest BCUT2D eigenvalue weighted by atomic mass is 35.5. The first-order chi connectivity index (χ1) is 8.63. The smallest absolute Gasteiger partial charge is 0.0884 e. The van der Waals surface area contributed by atoms with Crippen LogP contribution in [0.25, 0.3) is 0 Å². The van der Waals surface area contributed by atoms with Gasteiger partial charge in [0.25, 0.3) is 0 Å². The van der Waals surface area contributed by atoms with Gasteiger partial charge in [-0.2, -0.15) is 0 Å². The molecule has 4 heteroatoms. The number of rotatable bonds is 3. The summed E-state index contributed by atoms with van der Waals surface area (Å²) in [5.41, 5.74) is 6.87. The van der Waals surface area contributed by atoms with Gasteiger partial charge < -0.3 is 0 Å². The van der Waals surface area contributed by atoms with Crippen molar-refractivity contribution < 1.29 is 0 Å². The molecule has 0 saturated heterocycles. The Morgan fingerprint density at radius 1 is 1.22 bits per heavy atom. The SMILES string of the molecule is Cc1ccc(C(NN)c2ncccc2C)cc1Cl. The molecule has 0 amide bonds. The molecule has 94 valence electrons. The van der Waals surface area contributed by atoms with Crippen LogP contribution in [-0.4, -0.2) is 4.98 Å². The summed E-state index contributed by atoms with van der Waals surface area (Å²) in [5.74, 6) is 5.66. The molecule has 0 aliphatic carbocycles. The van der Waals surface area contributed by atoms with E-state index in [-0.39, 0.29) is 6.04 Å². The molecule has 1 heterocycles. The molecular weight excluding hydrogens is 246 g/mol. The van der Waals surface area contributed by atoms with E-state index >= 15 is 0 Å². The molecule has 3 nitrogen and oxygen atoms in total. The highest BCUT2D eigenvalue weighted by molar-refractivity contribution is 6.31. The number of hydrogen-bond acceptors (Lipinski definition) is 3. The maximum Gasteiger partial charge on any atom is 0.0884 e. The highest BCUT2D eigenvalue weighted by Crippen LogP contribution is 2.26. The van der Waals surface area contributed by atoms with Gasteiger partial charge in [-0.15, -0.1) is 0 Å². The van der Waals surface area contributed by atoms with Gasteiger partial charge in [0, 0.05) is 11.2 Å². The maximum absolute atomic E-state index is 6.15. The standard InChI is InChI=1S/C14H16ClN3/c1-9-5-6-11(8-12(9)15)14(18-16)13-10(2)4-3-7-17-13/h3-8,14,18H,16H2,1-2H3. The molecule has 0 aliphatic heterocycles. The van der Waals surface area contributed by atoms with E-state index < -0.39 is 0 Å². The number of aryl methyl sites for hydroxylation is 2. The number of aromatic nitrogens is 1. The third-order valence-electron chi connectivity index (χ3n) is 3.02. The van der Waals surface area contributed by atoms with Crippen LogP contribution in [-0.2, 0) is 0 Å². The van der Waals surface area contributed by atoms with Crippen LogP contribution in [0.3, 0.4) is 0 Å². The van der Waals surface area contributed by atoms with Crippen molar-refractivity contribution in [1.82, 2.24) is 10.4 Å². The fourth-order valence-corrected chi connectivity index (χ4v) is 2.11. The molecule has 2 rings (SSSR count). The minimum absolute atomic E-state index is 0.149. The van der Waals surface area contributed by atoms with Crippen molar-refractivity contribution in [3.8, 4) is 0 Å². The van der Waals surface area contributed by atoms with Gasteiger partial charge in [0.2, 0.25) is 0 Å². The summed E-state index contributed by atoms with van der Waals surface area (Å²) < 4.78 is 0. The Kier molecular flexibility index (Phi) is 3.97. The molecule has 1 aromatic carbocycles. The van der Waals surface area contributed by atoms with Gasteiger partial charge >= 0.3 is 0 Å². The lowest BCUT2D eigenvalue weighted by Gasteiger charge is -2.18. The summed E-state index contributed by atoms with van der Waals surface area (Å²) in [5, 5.41) is 0.737. The normalized spacial score (nSPS) is 12.4. The van der Waals surface area contributed by atoms with E-state index in [4.69, 9.17) is 17.4 Å². The van der Waals surface area contributed by atoms with Crippen LogP contribution in [0.2, 0.25) is 5.02 Å². The van der Waals surface area contributed by atoms with Crippen molar-refractivity contribution in [3.05, 3.63) is 63.9 Å². The molecule has 0 spiro atoms. The second-order valence-corrected chi connectivity index (χ2v) is 4.72. The zero-order chi connectivity index (χ0) is 13.1. The molecule has 3 N–H and O–H groups in total. The number of halogens is 1. The Bertz CT molecular complexity index is 554. The van der Waals surface area contributed by atoms with Gasteiger partial charge in [-0.3, -0.25) is 10.8 Å². The number of pyridine rings is 1. The number of benzene rings is 1. The summed E-state index contributed by atoms with van der Waals surface area (Å²) in [4.78, 5) is 4.39. The fourth-order valence-electron chi connectivity index (χ4n) is 1.92. The summed E-state index contributed by atoms with van der Waals surface area (Å²) in [6.45, 7) is 3.99. The van der Waals surface area contributed by atoms with Crippen LogP contribution in [0.4, 0.5) is 0 Å². The van der Waals surface area contributed by atoms with E-state index in [9.17, 15) is 0 Å². The first-order valence-electron chi connectivity index (χ1n) is 5.77. The van der Waals surface area contributed by atoms with Crippen molar-refractivity contribution in [2.45, 2.75) is 19.9 Å². The zero-order valence-electron chi connectivity index (χ0n) is 10.4. The molecular formula is C14H16ClN3. The zero-order valence-corrected chi connectivity index (χ0v) is 11.2. The Hall–Kier alpha value is -1.42. The van der Waals surface area contributed by atoms with Crippen molar-refractivity contribution in [2.75, 3.05) is 0 Å². The first-order valence-corrected chi connectivity index (χ1v) is 6.15. The topological polar surface area (TPSA) is 50.9 Å². The quantitative estimate of drug-likeness (QED) is 0.660. The summed E-state index contributed by atoms with van der Waals surface area (Å²) in [6, 6.07) is 9.71. The predicted octanol–water partition coefficient (Wildman–Crippen LogP) is 2.90. The third kappa shape index (κ3) is 2.53. The van der Waals surface area contributed by atoms with E-state index in [0.717, 1.165) is 27.4 Å². The second kappa shape index (κ2) is 5.48. The number of hydrazine groups is 1. The predicted molar refractivity (Wildman–Crippen MR) is 74.3 cm³/mol. The van der Waals surface area contributed by atoms with Crippen LogP contribution in [0.1, 0.15) is 28.4 Å². The Balaban J connectivity index is 2.45. The van der Waals surface area contributed by atoms with Crippen molar-refractivity contribution in [2.24, 2.45) is 5.84 Å². The number of nitrogens with one attached hydrogen (secondary N) is 1. The molecule has 0 fully saturated rings. The number of hydrogen-bond donors (Lipinski definition) is 2. The molecule has 0 saturated carbocycles. The lowest BCUT2D eigenvalue weighted by atomic mass is 9.99. The molecule has 2 aromatic rings. The lowest BCUT2D eigenvalue weighted by Crippen LogP contribution is -2.30. The van der Waals surface area contributed by atoms with Gasteiger partial charge in [0.05, 0.1) is 11.7 Å². The molecule has 0 bridgehead atoms. The van der Waals surface area contributed by atoms with Gasteiger partial charge in [-0.05, 0) is 42.7 Å². The average molecular weight is 262 g/mol. The van der Waals surface area contributed by atoms with Crippen molar-refractivity contribution in [3.63, 3.8) is 0 Å². The average Bonchev–Trinajstić information content (AvgIpc) is 2.37. The van der Waals surface area contributed by atoms with Gasteiger partial charge in [0.15, 0.2) is 0 Å². The molecule has 1 unspecified atom stereocenters. The maximum atomic E-state index is 6.15. The van der Waals surface area contributed by atoms with E-state index in [1.807, 2.05) is 44.2 Å². The molecule has 0 aliphatic rings. The number of nitrogens with two attached hydrogens (primary N) is 1. The summed E-state index contributed by atoms with van der Waals surface area (Å²) >= 11 is 6.15. The molecule has 1 aromatic heterocycles. The van der Waals surface area contributed by atoms with E-state index in [0.29, 0.717) is 0 Å². The Morgan fingerprint density at radius 3 is 2.61 bits per heavy atom. The minimum atomic E-state index is -0.149. The monoisotopic (exact) mass is 261 g/mol. The van der Waals surface area contributed by atoms with Gasteiger partial charge in [-0.1, -0.05) is 29.8 Å². The first kappa shape index (κ1) is 13.0. The van der Waals surface area contributed by atoms with Crippen LogP contribution < -0.4 is 11.3 Å². The Morgan fingerprint density at radius 2 is 2.00 bits per heavy atom. The number of nitrogens with zero attached hydrogens (tertiary/aromatic N) is 1. The minimum Gasteiger partial charge on any atom is -0.271 e. The highest BCUT2D eigenvalue weighted by Gasteiger charge is 2.16. The van der Waals surface area contributed by atoms with Crippen molar-refractivity contribution >= 4 is 11.6 Å². The van der Waals surface area contributed by atoms with Crippen LogP contribution in [0.15, 0.2) is 36.5 Å². The van der Waals surface area contributed by atoms with E-state index in [2.05, 4.69) is 10.4 Å². The van der Waals surface area contributed by atoms with E-state index in [1.54, 1.807) is 6.20 Å². The van der Waals surface area contributed by atoms with Crippen LogP contribution in [0.5, 0.6) is 0 Å². The second-order valence-electron chi connectivity index (χ2n) is 4.31. The third-order valence-corrected chi connectivity index (χ3v) is 3.43. The summed E-state index contributed by atoms with van der Waals surface area (Å²) in [7, 11) is 0. The molecule has 0 radical (unpaired) electrons. The Labute approximate surface area is 112 Å². The van der Waals surface area contributed by atoms with Crippen LogP contribution in [0, 0.1) is 13.8 Å². The van der Waals surface area contributed by atoms with Crippen LogP contribution >= 0.6 is 11.6 Å². The van der Waals surface area contributed by atoms with Gasteiger partial charge in [0.1, 0.15) is 0 Å². The van der Waals surface area contributed by atoms with Gasteiger partial charge in [-0.25, -0.2) is 5.43 Å². The molecule has 18 heavy (non-hydrogen) atoms. The molecule has 1 atom stereocenters. The fraction of sp³-hybridized carbons (Fsp3) is 0.214. The largest absolute Gasteiger partial charge is 0.271 e. The summed E-state index contributed by atoms with van der Waals surface area (Å²) in [6.07, 6.45) is 1.77.